The van der Waals surface area contributed by atoms with Gasteiger partial charge in [-0.1, -0.05) is 29.8 Å². The molecule has 0 unspecified atom stereocenters. The summed E-state index contributed by atoms with van der Waals surface area (Å²) in [6.45, 7) is 3.01. The summed E-state index contributed by atoms with van der Waals surface area (Å²) in [5.74, 6) is 0. The van der Waals surface area contributed by atoms with Crippen molar-refractivity contribution in [3.05, 3.63) is 53.9 Å². The predicted molar refractivity (Wildman–Crippen MR) is 71.1 cm³/mol. The molecule has 0 amide bonds. The Morgan fingerprint density at radius 2 is 2.12 bits per heavy atom. The van der Waals surface area contributed by atoms with E-state index in [4.69, 9.17) is 0 Å². The Morgan fingerprint density at radius 3 is 2.82 bits per heavy atom. The molecule has 1 aromatic carbocycles. The van der Waals surface area contributed by atoms with E-state index in [1.54, 1.807) is 0 Å². The van der Waals surface area contributed by atoms with Gasteiger partial charge in [-0.2, -0.15) is 5.10 Å². The van der Waals surface area contributed by atoms with E-state index in [2.05, 4.69) is 23.4 Å². The summed E-state index contributed by atoms with van der Waals surface area (Å²) in [5.41, 5.74) is 3.50. The summed E-state index contributed by atoms with van der Waals surface area (Å²) in [4.78, 5) is 0. The van der Waals surface area contributed by atoms with E-state index in [1.165, 1.54) is 5.57 Å². The standard InChI is InChI=1S/C14H17N3/c1-12(9-15-2)8-13-10-16-17(11-13)14-6-4-3-5-7-14/h3-8,10-11,15H,9H2,1-2H3. The molecule has 17 heavy (non-hydrogen) atoms. The fraction of sp³-hybridized carbons (Fsp3) is 0.214. The van der Waals surface area contributed by atoms with Crippen molar-refractivity contribution < 1.29 is 0 Å². The highest BCUT2D eigenvalue weighted by molar-refractivity contribution is 5.51. The van der Waals surface area contributed by atoms with Gasteiger partial charge in [0.2, 0.25) is 0 Å². The lowest BCUT2D eigenvalue weighted by molar-refractivity contribution is 0.880. The Bertz CT molecular complexity index is 497. The van der Waals surface area contributed by atoms with Crippen LogP contribution in [0, 0.1) is 0 Å². The third kappa shape index (κ3) is 3.04. The molecule has 3 heteroatoms. The first-order valence-electron chi connectivity index (χ1n) is 5.71. The van der Waals surface area contributed by atoms with Gasteiger partial charge in [0.1, 0.15) is 0 Å². The van der Waals surface area contributed by atoms with Crippen molar-refractivity contribution >= 4 is 6.08 Å². The number of nitrogens with one attached hydrogen (secondary N) is 1. The second-order valence-corrected chi connectivity index (χ2v) is 4.07. The topological polar surface area (TPSA) is 29.9 Å². The molecule has 0 saturated carbocycles. The van der Waals surface area contributed by atoms with Crippen molar-refractivity contribution in [2.24, 2.45) is 0 Å². The molecule has 0 aliphatic heterocycles. The Morgan fingerprint density at radius 1 is 1.35 bits per heavy atom. The van der Waals surface area contributed by atoms with Crippen LogP contribution >= 0.6 is 0 Å². The molecule has 1 aromatic heterocycles. The third-order valence-electron chi connectivity index (χ3n) is 2.49. The molecule has 1 heterocycles. The zero-order valence-corrected chi connectivity index (χ0v) is 10.2. The lowest BCUT2D eigenvalue weighted by Gasteiger charge is -1.99. The lowest BCUT2D eigenvalue weighted by atomic mass is 10.2. The Kier molecular flexibility index (Phi) is 3.73. The maximum Gasteiger partial charge on any atom is 0.0645 e. The smallest absolute Gasteiger partial charge is 0.0645 e. The first-order valence-corrected chi connectivity index (χ1v) is 5.71. The Labute approximate surface area is 102 Å². The number of nitrogens with zero attached hydrogens (tertiary/aromatic N) is 2. The fourth-order valence-electron chi connectivity index (χ4n) is 1.75. The van der Waals surface area contributed by atoms with Gasteiger partial charge in [-0.25, -0.2) is 4.68 Å². The summed E-state index contributed by atoms with van der Waals surface area (Å²) in [7, 11) is 1.95. The Balaban J connectivity index is 2.19. The molecular weight excluding hydrogens is 210 g/mol. The van der Waals surface area contributed by atoms with Gasteiger partial charge in [-0.05, 0) is 26.1 Å². The first-order chi connectivity index (χ1) is 8.29. The SMILES string of the molecule is CNCC(C)=Cc1cnn(-c2ccccc2)c1. The molecule has 0 spiro atoms. The molecule has 0 aliphatic rings. The second kappa shape index (κ2) is 5.46. The average molecular weight is 227 g/mol. The minimum absolute atomic E-state index is 0.899. The van der Waals surface area contributed by atoms with Crippen molar-refractivity contribution in [1.29, 1.82) is 0 Å². The van der Waals surface area contributed by atoms with Crippen LogP contribution in [-0.4, -0.2) is 23.4 Å². The molecule has 1 N–H and O–H groups in total. The van der Waals surface area contributed by atoms with Crippen LogP contribution in [0.2, 0.25) is 0 Å². The molecule has 0 aliphatic carbocycles. The maximum absolute atomic E-state index is 4.35. The van der Waals surface area contributed by atoms with Crippen LogP contribution in [0.3, 0.4) is 0 Å². The van der Waals surface area contributed by atoms with Crippen molar-refractivity contribution in [2.75, 3.05) is 13.6 Å². The summed E-state index contributed by atoms with van der Waals surface area (Å²) >= 11 is 0. The molecule has 0 saturated heterocycles. The van der Waals surface area contributed by atoms with Crippen LogP contribution in [-0.2, 0) is 0 Å². The molecule has 2 rings (SSSR count). The van der Waals surface area contributed by atoms with E-state index in [0.717, 1.165) is 17.8 Å². The number of para-hydroxylation sites is 1. The van der Waals surface area contributed by atoms with Gasteiger partial charge in [0.15, 0.2) is 0 Å². The minimum atomic E-state index is 0.899. The van der Waals surface area contributed by atoms with Gasteiger partial charge >= 0.3 is 0 Å². The summed E-state index contributed by atoms with van der Waals surface area (Å²) in [6, 6.07) is 10.1. The monoisotopic (exact) mass is 227 g/mol. The highest BCUT2D eigenvalue weighted by Gasteiger charge is 1.98. The summed E-state index contributed by atoms with van der Waals surface area (Å²) in [6.07, 6.45) is 6.06. The summed E-state index contributed by atoms with van der Waals surface area (Å²) < 4.78 is 1.89. The van der Waals surface area contributed by atoms with E-state index in [-0.39, 0.29) is 0 Å². The van der Waals surface area contributed by atoms with Gasteiger partial charge in [-0.3, -0.25) is 0 Å². The molecule has 2 aromatic rings. The van der Waals surface area contributed by atoms with Crippen LogP contribution in [0.25, 0.3) is 11.8 Å². The average Bonchev–Trinajstić information content (AvgIpc) is 2.79. The minimum Gasteiger partial charge on any atom is -0.316 e. The molecule has 0 atom stereocenters. The molecule has 3 nitrogen and oxygen atoms in total. The van der Waals surface area contributed by atoms with Crippen LogP contribution in [0.15, 0.2) is 48.3 Å². The normalized spacial score (nSPS) is 11.8. The van der Waals surface area contributed by atoms with Crippen LogP contribution in [0.1, 0.15) is 12.5 Å². The number of rotatable bonds is 4. The molecule has 0 radical (unpaired) electrons. The van der Waals surface area contributed by atoms with E-state index in [1.807, 2.05) is 54.5 Å². The first kappa shape index (κ1) is 11.6. The molecule has 0 bridgehead atoms. The number of benzene rings is 1. The summed E-state index contributed by atoms with van der Waals surface area (Å²) in [5, 5.41) is 7.48. The maximum atomic E-state index is 4.35. The van der Waals surface area contributed by atoms with Gasteiger partial charge < -0.3 is 5.32 Å². The number of hydrogen-bond donors (Lipinski definition) is 1. The predicted octanol–water partition coefficient (Wildman–Crippen LogP) is 2.50. The van der Waals surface area contributed by atoms with E-state index >= 15 is 0 Å². The zero-order valence-electron chi connectivity index (χ0n) is 10.2. The number of hydrogen-bond acceptors (Lipinski definition) is 2. The Hall–Kier alpha value is -1.87. The van der Waals surface area contributed by atoms with Crippen LogP contribution in [0.5, 0.6) is 0 Å². The van der Waals surface area contributed by atoms with Crippen molar-refractivity contribution in [3.63, 3.8) is 0 Å². The lowest BCUT2D eigenvalue weighted by Crippen LogP contribution is -2.08. The van der Waals surface area contributed by atoms with Gasteiger partial charge in [0.05, 0.1) is 11.9 Å². The van der Waals surface area contributed by atoms with E-state index in [0.29, 0.717) is 0 Å². The van der Waals surface area contributed by atoms with E-state index < -0.39 is 0 Å². The highest BCUT2D eigenvalue weighted by Crippen LogP contribution is 2.10. The van der Waals surface area contributed by atoms with E-state index in [9.17, 15) is 0 Å². The second-order valence-electron chi connectivity index (χ2n) is 4.07. The highest BCUT2D eigenvalue weighted by atomic mass is 15.3. The molecule has 0 fully saturated rings. The van der Waals surface area contributed by atoms with Crippen molar-refractivity contribution in [3.8, 4) is 5.69 Å². The molecule has 88 valence electrons. The quantitative estimate of drug-likeness (QED) is 0.869. The molecular formula is C14H17N3. The van der Waals surface area contributed by atoms with Crippen molar-refractivity contribution in [2.45, 2.75) is 6.92 Å². The van der Waals surface area contributed by atoms with Gasteiger partial charge in [0, 0.05) is 18.3 Å². The van der Waals surface area contributed by atoms with Crippen LogP contribution in [0.4, 0.5) is 0 Å². The number of aromatic nitrogens is 2. The largest absolute Gasteiger partial charge is 0.316 e. The fourth-order valence-corrected chi connectivity index (χ4v) is 1.75. The van der Waals surface area contributed by atoms with Crippen molar-refractivity contribution in [1.82, 2.24) is 15.1 Å². The van der Waals surface area contributed by atoms with Gasteiger partial charge in [0.25, 0.3) is 0 Å². The van der Waals surface area contributed by atoms with Gasteiger partial charge in [-0.15, -0.1) is 0 Å². The van der Waals surface area contributed by atoms with Crippen LogP contribution < -0.4 is 5.32 Å². The third-order valence-corrected chi connectivity index (χ3v) is 2.49. The number of likely N-dealkylation sites (N-methyl/N-ethyl adjacent to an activating group) is 1. The zero-order chi connectivity index (χ0) is 12.1.